The SMILES string of the molecule is Cc1ccc(COc2ccc(/C=C(/C#N)c3ccc4ccccc4c3)cc2Br)cc1. The van der Waals surface area contributed by atoms with Crippen LogP contribution in [0.5, 0.6) is 5.75 Å². The van der Waals surface area contributed by atoms with Crippen LogP contribution in [-0.2, 0) is 6.61 Å². The maximum absolute atomic E-state index is 9.71. The van der Waals surface area contributed by atoms with Crippen molar-refractivity contribution in [3.8, 4) is 11.8 Å². The number of rotatable bonds is 5. The zero-order chi connectivity index (χ0) is 20.9. The van der Waals surface area contributed by atoms with E-state index in [0.717, 1.165) is 37.7 Å². The number of allylic oxidation sites excluding steroid dienone is 1. The maximum Gasteiger partial charge on any atom is 0.134 e. The lowest BCUT2D eigenvalue weighted by atomic mass is 10.0. The molecule has 0 spiro atoms. The number of benzene rings is 4. The molecule has 0 N–H and O–H groups in total. The third-order valence-corrected chi connectivity index (χ3v) is 5.58. The summed E-state index contributed by atoms with van der Waals surface area (Å²) >= 11 is 3.60. The quantitative estimate of drug-likeness (QED) is 0.230. The number of aryl methyl sites for hydroxylation is 1. The summed E-state index contributed by atoms with van der Waals surface area (Å²) in [4.78, 5) is 0. The molecule has 0 aliphatic rings. The van der Waals surface area contributed by atoms with Crippen LogP contribution in [0.3, 0.4) is 0 Å². The van der Waals surface area contributed by atoms with E-state index in [9.17, 15) is 5.26 Å². The Hall–Kier alpha value is -3.35. The highest BCUT2D eigenvalue weighted by Gasteiger charge is 2.06. The Kier molecular flexibility index (Phi) is 5.97. The molecule has 0 fully saturated rings. The van der Waals surface area contributed by atoms with Crippen molar-refractivity contribution in [2.45, 2.75) is 13.5 Å². The lowest BCUT2D eigenvalue weighted by Crippen LogP contribution is -1.96. The van der Waals surface area contributed by atoms with Gasteiger partial charge in [0.15, 0.2) is 0 Å². The lowest BCUT2D eigenvalue weighted by molar-refractivity contribution is 0.304. The van der Waals surface area contributed by atoms with Crippen LogP contribution in [0.25, 0.3) is 22.4 Å². The highest BCUT2D eigenvalue weighted by Crippen LogP contribution is 2.29. The van der Waals surface area contributed by atoms with Gasteiger partial charge >= 0.3 is 0 Å². The van der Waals surface area contributed by atoms with E-state index in [1.165, 1.54) is 5.56 Å². The molecule has 0 aliphatic heterocycles. The second kappa shape index (κ2) is 8.98. The number of nitriles is 1. The van der Waals surface area contributed by atoms with Gasteiger partial charge in [0.05, 0.1) is 16.1 Å². The zero-order valence-corrected chi connectivity index (χ0v) is 18.2. The molecule has 2 nitrogen and oxygen atoms in total. The Bertz CT molecular complexity index is 1270. The Balaban J connectivity index is 1.55. The van der Waals surface area contributed by atoms with Crippen LogP contribution in [0.4, 0.5) is 0 Å². The number of fused-ring (bicyclic) bond motifs is 1. The smallest absolute Gasteiger partial charge is 0.134 e. The van der Waals surface area contributed by atoms with E-state index in [1.54, 1.807) is 0 Å². The van der Waals surface area contributed by atoms with Gasteiger partial charge in [-0.2, -0.15) is 5.26 Å². The average molecular weight is 454 g/mol. The Morgan fingerprint density at radius 1 is 0.933 bits per heavy atom. The number of ether oxygens (including phenoxy) is 1. The molecular formula is C27H20BrNO. The molecule has 0 aliphatic carbocycles. The van der Waals surface area contributed by atoms with Crippen LogP contribution < -0.4 is 4.74 Å². The number of halogens is 1. The predicted octanol–water partition coefficient (Wildman–Crippen LogP) is 7.55. The Morgan fingerprint density at radius 3 is 2.43 bits per heavy atom. The summed E-state index contributed by atoms with van der Waals surface area (Å²) in [5, 5.41) is 12.0. The van der Waals surface area contributed by atoms with Gasteiger partial charge in [-0.25, -0.2) is 0 Å². The van der Waals surface area contributed by atoms with Crippen LogP contribution in [0.2, 0.25) is 0 Å². The average Bonchev–Trinajstić information content (AvgIpc) is 2.77. The van der Waals surface area contributed by atoms with Crippen molar-refractivity contribution in [2.75, 3.05) is 0 Å². The third-order valence-electron chi connectivity index (χ3n) is 4.96. The monoisotopic (exact) mass is 453 g/mol. The van der Waals surface area contributed by atoms with Crippen LogP contribution in [0.1, 0.15) is 22.3 Å². The van der Waals surface area contributed by atoms with Crippen molar-refractivity contribution in [3.63, 3.8) is 0 Å². The van der Waals surface area contributed by atoms with Gasteiger partial charge in [0.1, 0.15) is 12.4 Å². The molecule has 4 aromatic carbocycles. The number of hydrogen-bond acceptors (Lipinski definition) is 2. The van der Waals surface area contributed by atoms with Gasteiger partial charge in [0, 0.05) is 0 Å². The van der Waals surface area contributed by atoms with Gasteiger partial charge in [-0.1, -0.05) is 72.3 Å². The van der Waals surface area contributed by atoms with Gasteiger partial charge in [-0.05, 0) is 74.6 Å². The fourth-order valence-corrected chi connectivity index (χ4v) is 3.78. The van der Waals surface area contributed by atoms with Gasteiger partial charge in [0.2, 0.25) is 0 Å². The molecular weight excluding hydrogens is 434 g/mol. The molecule has 0 aromatic heterocycles. The summed E-state index contributed by atoms with van der Waals surface area (Å²) in [5.74, 6) is 0.775. The molecule has 30 heavy (non-hydrogen) atoms. The van der Waals surface area contributed by atoms with Crippen molar-refractivity contribution >= 4 is 38.4 Å². The fourth-order valence-electron chi connectivity index (χ4n) is 3.27. The van der Waals surface area contributed by atoms with Crippen molar-refractivity contribution in [2.24, 2.45) is 0 Å². The van der Waals surface area contributed by atoms with E-state index in [0.29, 0.717) is 12.2 Å². The second-order valence-electron chi connectivity index (χ2n) is 7.20. The summed E-state index contributed by atoms with van der Waals surface area (Å²) in [7, 11) is 0. The summed E-state index contributed by atoms with van der Waals surface area (Å²) in [6.07, 6.45) is 1.90. The molecule has 0 unspecified atom stereocenters. The topological polar surface area (TPSA) is 33.0 Å². The van der Waals surface area contributed by atoms with E-state index in [4.69, 9.17) is 4.74 Å². The molecule has 0 amide bonds. The molecule has 0 atom stereocenters. The van der Waals surface area contributed by atoms with E-state index in [1.807, 2.05) is 48.5 Å². The van der Waals surface area contributed by atoms with E-state index in [-0.39, 0.29) is 0 Å². The minimum Gasteiger partial charge on any atom is -0.488 e. The minimum absolute atomic E-state index is 0.509. The van der Waals surface area contributed by atoms with Crippen LogP contribution in [0.15, 0.2) is 89.4 Å². The minimum atomic E-state index is 0.509. The van der Waals surface area contributed by atoms with Gasteiger partial charge in [-0.15, -0.1) is 0 Å². The van der Waals surface area contributed by atoms with Crippen LogP contribution in [-0.4, -0.2) is 0 Å². The summed E-state index contributed by atoms with van der Waals surface area (Å²) in [6, 6.07) is 30.8. The van der Waals surface area contributed by atoms with Crippen molar-refractivity contribution in [1.82, 2.24) is 0 Å². The number of nitrogens with zero attached hydrogens (tertiary/aromatic N) is 1. The predicted molar refractivity (Wildman–Crippen MR) is 127 cm³/mol. The Morgan fingerprint density at radius 2 is 1.70 bits per heavy atom. The lowest BCUT2D eigenvalue weighted by Gasteiger charge is -2.09. The molecule has 4 aromatic rings. The summed E-state index contributed by atoms with van der Waals surface area (Å²) in [6.45, 7) is 2.58. The summed E-state index contributed by atoms with van der Waals surface area (Å²) in [5.41, 5.74) is 4.83. The second-order valence-corrected chi connectivity index (χ2v) is 8.05. The molecule has 0 saturated heterocycles. The largest absolute Gasteiger partial charge is 0.488 e. The maximum atomic E-state index is 9.71. The van der Waals surface area contributed by atoms with Gasteiger partial charge < -0.3 is 4.74 Å². The van der Waals surface area contributed by atoms with Crippen molar-refractivity contribution < 1.29 is 4.74 Å². The summed E-state index contributed by atoms with van der Waals surface area (Å²) < 4.78 is 6.81. The van der Waals surface area contributed by atoms with Crippen LogP contribution >= 0.6 is 15.9 Å². The molecule has 0 heterocycles. The molecule has 0 bridgehead atoms. The van der Waals surface area contributed by atoms with Gasteiger partial charge in [0.25, 0.3) is 0 Å². The molecule has 0 radical (unpaired) electrons. The highest BCUT2D eigenvalue weighted by molar-refractivity contribution is 9.10. The van der Waals surface area contributed by atoms with E-state index in [2.05, 4.69) is 71.4 Å². The first-order chi connectivity index (χ1) is 14.6. The normalized spacial score (nSPS) is 11.3. The molecule has 3 heteroatoms. The Labute approximate surface area is 185 Å². The van der Waals surface area contributed by atoms with Gasteiger partial charge in [-0.3, -0.25) is 0 Å². The first-order valence-electron chi connectivity index (χ1n) is 9.71. The highest BCUT2D eigenvalue weighted by atomic mass is 79.9. The van der Waals surface area contributed by atoms with E-state index >= 15 is 0 Å². The number of hydrogen-bond donors (Lipinski definition) is 0. The van der Waals surface area contributed by atoms with Crippen molar-refractivity contribution in [3.05, 3.63) is 112 Å². The zero-order valence-electron chi connectivity index (χ0n) is 16.6. The van der Waals surface area contributed by atoms with E-state index < -0.39 is 0 Å². The third kappa shape index (κ3) is 4.62. The van der Waals surface area contributed by atoms with Crippen LogP contribution in [0, 0.1) is 18.3 Å². The molecule has 0 saturated carbocycles. The first-order valence-corrected chi connectivity index (χ1v) is 10.5. The standard InChI is InChI=1S/C27H20BrNO/c1-19-6-8-20(9-7-19)18-30-27-13-10-21(15-26(27)28)14-25(17-29)24-12-11-22-4-2-3-5-23(22)16-24/h2-16H,18H2,1H3/b25-14-. The van der Waals surface area contributed by atoms with Crippen molar-refractivity contribution in [1.29, 1.82) is 5.26 Å². The molecule has 146 valence electrons. The molecule has 4 rings (SSSR count). The first kappa shape index (κ1) is 19.9. The fraction of sp³-hybridized carbons (Fsp3) is 0.0741.